The molecule has 3 aliphatic rings. The molecule has 0 amide bonds. The van der Waals surface area contributed by atoms with E-state index in [1.807, 2.05) is 6.92 Å². The van der Waals surface area contributed by atoms with E-state index in [2.05, 4.69) is 12.7 Å². The fourth-order valence-electron chi connectivity index (χ4n) is 4.67. The molecule has 2 fully saturated rings. The van der Waals surface area contributed by atoms with Crippen LogP contribution < -0.4 is 0 Å². The van der Waals surface area contributed by atoms with Crippen molar-refractivity contribution >= 4 is 11.9 Å². The van der Waals surface area contributed by atoms with E-state index in [0.717, 1.165) is 5.57 Å². The normalized spacial score (nSPS) is 39.7. The molecule has 26 heavy (non-hydrogen) atoms. The molecule has 142 valence electrons. The van der Waals surface area contributed by atoms with Crippen LogP contribution in [0.4, 0.5) is 0 Å². The van der Waals surface area contributed by atoms with E-state index in [9.17, 15) is 19.8 Å². The Bertz CT molecular complexity index is 701. The molecule has 6 nitrogen and oxygen atoms in total. The van der Waals surface area contributed by atoms with E-state index in [1.165, 1.54) is 6.08 Å². The van der Waals surface area contributed by atoms with Crippen LogP contribution in [0.3, 0.4) is 0 Å². The highest BCUT2D eigenvalue weighted by Crippen LogP contribution is 2.52. The number of carbonyl (C=O) groups excluding carboxylic acids is 2. The molecule has 0 aromatic heterocycles. The van der Waals surface area contributed by atoms with Gasteiger partial charge in [-0.25, -0.2) is 9.59 Å². The van der Waals surface area contributed by atoms with Crippen LogP contribution in [0.25, 0.3) is 0 Å². The summed E-state index contributed by atoms with van der Waals surface area (Å²) in [5.74, 6) is -1.88. The molecule has 1 heterocycles. The molecule has 6 unspecified atom stereocenters. The van der Waals surface area contributed by atoms with E-state index in [-0.39, 0.29) is 29.4 Å². The van der Waals surface area contributed by atoms with E-state index in [1.54, 1.807) is 13.8 Å². The van der Waals surface area contributed by atoms with Crippen LogP contribution >= 0.6 is 0 Å². The number of ether oxygens (including phenoxy) is 2. The number of hydrogen-bond donors (Lipinski definition) is 2. The molecule has 0 aromatic carbocycles. The van der Waals surface area contributed by atoms with Gasteiger partial charge in [0.1, 0.15) is 12.2 Å². The Labute approximate surface area is 153 Å². The van der Waals surface area contributed by atoms with Crippen molar-refractivity contribution in [2.75, 3.05) is 6.61 Å². The molecule has 2 aliphatic carbocycles. The summed E-state index contributed by atoms with van der Waals surface area (Å²) < 4.78 is 11.3. The summed E-state index contributed by atoms with van der Waals surface area (Å²) in [7, 11) is 0. The summed E-state index contributed by atoms with van der Waals surface area (Å²) in [5.41, 5.74) is 0.396. The van der Waals surface area contributed by atoms with Gasteiger partial charge >= 0.3 is 11.9 Å². The fourth-order valence-corrected chi connectivity index (χ4v) is 4.67. The number of fused-ring (bicyclic) bond motifs is 3. The highest BCUT2D eigenvalue weighted by atomic mass is 16.6. The van der Waals surface area contributed by atoms with Crippen molar-refractivity contribution in [2.45, 2.75) is 51.4 Å². The first-order valence-corrected chi connectivity index (χ1v) is 8.97. The molecule has 0 bridgehead atoms. The van der Waals surface area contributed by atoms with Crippen LogP contribution in [0.1, 0.15) is 33.6 Å². The second-order valence-corrected chi connectivity index (χ2v) is 7.71. The fraction of sp³-hybridized carbons (Fsp3) is 0.600. The lowest BCUT2D eigenvalue weighted by Crippen LogP contribution is -2.40. The third-order valence-electron chi connectivity index (χ3n) is 6.12. The molecular formula is C20H26O6. The van der Waals surface area contributed by atoms with Crippen molar-refractivity contribution in [2.24, 2.45) is 17.8 Å². The average Bonchev–Trinajstić information content (AvgIpc) is 3.06. The van der Waals surface area contributed by atoms with Gasteiger partial charge in [0.15, 0.2) is 0 Å². The van der Waals surface area contributed by atoms with E-state index < -0.39 is 42.3 Å². The van der Waals surface area contributed by atoms with Crippen LogP contribution in [0, 0.1) is 17.8 Å². The molecule has 0 radical (unpaired) electrons. The van der Waals surface area contributed by atoms with Crippen molar-refractivity contribution < 1.29 is 29.3 Å². The van der Waals surface area contributed by atoms with E-state index in [0.29, 0.717) is 6.42 Å². The number of allylic oxidation sites excluding steroid dienone is 2. The lowest BCUT2D eigenvalue weighted by Gasteiger charge is -2.34. The number of carbonyl (C=O) groups is 2. The van der Waals surface area contributed by atoms with E-state index >= 15 is 0 Å². The lowest BCUT2D eigenvalue weighted by molar-refractivity contribution is -0.150. The first kappa shape index (κ1) is 18.9. The molecule has 0 spiro atoms. The summed E-state index contributed by atoms with van der Waals surface area (Å²) in [6.45, 7) is 8.78. The van der Waals surface area contributed by atoms with Crippen molar-refractivity contribution in [3.8, 4) is 0 Å². The van der Waals surface area contributed by atoms with Crippen LogP contribution in [0.5, 0.6) is 0 Å². The maximum absolute atomic E-state index is 12.4. The molecular weight excluding hydrogens is 336 g/mol. The predicted octanol–water partition coefficient (Wildman–Crippen LogP) is 1.67. The van der Waals surface area contributed by atoms with Crippen molar-refractivity contribution in [3.63, 3.8) is 0 Å². The molecule has 2 N–H and O–H groups in total. The molecule has 1 aliphatic heterocycles. The first-order chi connectivity index (χ1) is 12.2. The van der Waals surface area contributed by atoms with Crippen molar-refractivity contribution in [1.29, 1.82) is 0 Å². The Balaban J connectivity index is 1.99. The molecule has 3 rings (SSSR count). The number of hydrogen-bond acceptors (Lipinski definition) is 6. The Morgan fingerprint density at radius 1 is 1.50 bits per heavy atom. The van der Waals surface area contributed by atoms with Crippen LogP contribution in [-0.2, 0) is 19.1 Å². The van der Waals surface area contributed by atoms with Gasteiger partial charge in [-0.2, -0.15) is 0 Å². The van der Waals surface area contributed by atoms with Crippen LogP contribution in [0.2, 0.25) is 0 Å². The second kappa shape index (κ2) is 6.67. The molecule has 6 heteroatoms. The van der Waals surface area contributed by atoms with Gasteiger partial charge in [-0.1, -0.05) is 24.3 Å². The van der Waals surface area contributed by atoms with Gasteiger partial charge < -0.3 is 19.7 Å². The summed E-state index contributed by atoms with van der Waals surface area (Å²) in [6.07, 6.45) is 3.18. The number of esters is 2. The molecule has 6 atom stereocenters. The summed E-state index contributed by atoms with van der Waals surface area (Å²) in [5, 5.41) is 20.4. The van der Waals surface area contributed by atoms with Crippen molar-refractivity contribution in [3.05, 3.63) is 35.5 Å². The van der Waals surface area contributed by atoms with E-state index in [4.69, 9.17) is 9.47 Å². The van der Waals surface area contributed by atoms with Crippen LogP contribution in [-0.4, -0.2) is 46.6 Å². The topological polar surface area (TPSA) is 93.1 Å². The van der Waals surface area contributed by atoms with Gasteiger partial charge in [0, 0.05) is 23.8 Å². The Morgan fingerprint density at radius 2 is 2.19 bits per heavy atom. The number of aliphatic hydroxyl groups excluding tert-OH is 1. The van der Waals surface area contributed by atoms with Gasteiger partial charge in [-0.15, -0.1) is 0 Å². The van der Waals surface area contributed by atoms with Gasteiger partial charge in [0.2, 0.25) is 0 Å². The monoisotopic (exact) mass is 362 g/mol. The minimum absolute atomic E-state index is 0.114. The number of aliphatic hydroxyl groups is 2. The zero-order chi connectivity index (χ0) is 19.2. The van der Waals surface area contributed by atoms with Gasteiger partial charge in [-0.3, -0.25) is 0 Å². The Hall–Kier alpha value is -1.92. The zero-order valence-electron chi connectivity index (χ0n) is 15.4. The Kier molecular flexibility index (Phi) is 4.84. The summed E-state index contributed by atoms with van der Waals surface area (Å²) >= 11 is 0. The SMILES string of the molecule is C=C1C(=O)OC2C1C(OC(=O)/C(=C/C)CO)CC(C)(O)C1CC=C(C)C21. The third-order valence-corrected chi connectivity index (χ3v) is 6.12. The highest BCUT2D eigenvalue weighted by Gasteiger charge is 2.58. The van der Waals surface area contributed by atoms with Crippen molar-refractivity contribution in [1.82, 2.24) is 0 Å². The maximum Gasteiger partial charge on any atom is 0.336 e. The second-order valence-electron chi connectivity index (χ2n) is 7.71. The average molecular weight is 362 g/mol. The van der Waals surface area contributed by atoms with Gasteiger partial charge in [0.25, 0.3) is 0 Å². The quantitative estimate of drug-likeness (QED) is 0.451. The predicted molar refractivity (Wildman–Crippen MR) is 93.8 cm³/mol. The van der Waals surface area contributed by atoms with Gasteiger partial charge in [-0.05, 0) is 27.2 Å². The van der Waals surface area contributed by atoms with Gasteiger partial charge in [0.05, 0.1) is 23.7 Å². The molecule has 1 saturated heterocycles. The third kappa shape index (κ3) is 2.91. The highest BCUT2D eigenvalue weighted by molar-refractivity contribution is 5.92. The molecule has 1 saturated carbocycles. The zero-order valence-corrected chi connectivity index (χ0v) is 15.4. The molecule has 0 aromatic rings. The standard InChI is InChI=1S/C20H26O6/c1-5-12(9-21)19(23)25-14-8-20(4,24)13-7-6-10(2)15(13)17-16(14)11(3)18(22)26-17/h5-6,13-17,21,24H,3,7-9H2,1-2,4H3/b12-5+. The number of rotatable bonds is 3. The minimum atomic E-state index is -1.09. The largest absolute Gasteiger partial charge is 0.458 e. The summed E-state index contributed by atoms with van der Waals surface area (Å²) in [4.78, 5) is 24.6. The minimum Gasteiger partial charge on any atom is -0.458 e. The maximum atomic E-state index is 12.4. The Morgan fingerprint density at radius 3 is 2.81 bits per heavy atom. The lowest BCUT2D eigenvalue weighted by atomic mass is 9.76. The summed E-state index contributed by atoms with van der Waals surface area (Å²) in [6, 6.07) is 0. The smallest absolute Gasteiger partial charge is 0.336 e. The van der Waals surface area contributed by atoms with Crippen LogP contribution in [0.15, 0.2) is 35.5 Å². The first-order valence-electron chi connectivity index (χ1n) is 8.97.